The van der Waals surface area contributed by atoms with Crippen LogP contribution < -0.4 is 0 Å². The van der Waals surface area contributed by atoms with E-state index < -0.39 is 0 Å². The van der Waals surface area contributed by atoms with Gasteiger partial charge in [-0.3, -0.25) is 0 Å². The molecule has 290 valence electrons. The third-order valence-corrected chi connectivity index (χ3v) is 10.4. The lowest BCUT2D eigenvalue weighted by Gasteiger charge is -2.22. The van der Waals surface area contributed by atoms with E-state index >= 15 is 0 Å². The molecular weight excluding hydrogens is 688 g/mol. The number of ether oxygens (including phenoxy) is 4. The average Bonchev–Trinajstić information content (AvgIpc) is 4.00. The molecule has 4 aliphatic rings. The van der Waals surface area contributed by atoms with Crippen LogP contribution in [0.3, 0.4) is 0 Å². The lowest BCUT2D eigenvalue weighted by Crippen LogP contribution is -2.37. The predicted molar refractivity (Wildman–Crippen MR) is 204 cm³/mol. The van der Waals surface area contributed by atoms with Crippen molar-refractivity contribution >= 4 is 24.1 Å². The van der Waals surface area contributed by atoms with E-state index in [0.717, 1.165) is 22.5 Å². The van der Waals surface area contributed by atoms with Crippen LogP contribution in [0.1, 0.15) is 77.9 Å². The van der Waals surface area contributed by atoms with E-state index in [1.807, 2.05) is 19.2 Å². The van der Waals surface area contributed by atoms with Crippen LogP contribution in [0.5, 0.6) is 0 Å². The van der Waals surface area contributed by atoms with Crippen molar-refractivity contribution < 1.29 is 18.9 Å². The SMILES string of the molecule is CC(C)[C@H]1COC(N(Cc2cnnn2Cc2ccc(Cn3nncc3CN(C3=N[C@@H](C(C)C)CO3)C3=N[C@@H](C(C)C)CO3)cc2)C2=N[C@@H](C(C)C)CO2)=N1. The van der Waals surface area contributed by atoms with Crippen LogP contribution >= 0.6 is 0 Å². The van der Waals surface area contributed by atoms with Gasteiger partial charge >= 0.3 is 0 Å². The van der Waals surface area contributed by atoms with Crippen LogP contribution in [-0.4, -0.2) is 114 Å². The molecule has 4 atom stereocenters. The summed E-state index contributed by atoms with van der Waals surface area (Å²) >= 11 is 0. The van der Waals surface area contributed by atoms with E-state index in [4.69, 9.17) is 38.9 Å². The number of aliphatic imine (C=N–C) groups is 4. The first-order valence-electron chi connectivity index (χ1n) is 19.2. The van der Waals surface area contributed by atoms with Crippen LogP contribution in [0, 0.1) is 23.7 Å². The van der Waals surface area contributed by atoms with Gasteiger partial charge in [-0.05, 0) is 34.8 Å². The minimum absolute atomic E-state index is 0.0841. The lowest BCUT2D eigenvalue weighted by atomic mass is 10.1. The van der Waals surface area contributed by atoms with E-state index in [2.05, 4.69) is 100 Å². The normalized spacial score (nSPS) is 22.3. The Kier molecular flexibility index (Phi) is 11.2. The molecular formula is C38H54N12O4. The summed E-state index contributed by atoms with van der Waals surface area (Å²) < 4.78 is 28.2. The molecule has 4 aliphatic heterocycles. The summed E-state index contributed by atoms with van der Waals surface area (Å²) in [6, 6.07) is 10.9. The van der Waals surface area contributed by atoms with E-state index in [1.165, 1.54) is 0 Å². The summed E-state index contributed by atoms with van der Waals surface area (Å²) in [7, 11) is 0. The summed E-state index contributed by atoms with van der Waals surface area (Å²) in [5.74, 6) is 1.44. The molecule has 6 heterocycles. The van der Waals surface area contributed by atoms with Crippen molar-refractivity contribution in [3.05, 3.63) is 59.2 Å². The highest BCUT2D eigenvalue weighted by molar-refractivity contribution is 5.95. The number of benzene rings is 1. The van der Waals surface area contributed by atoms with Gasteiger partial charge in [0.1, 0.15) is 26.4 Å². The van der Waals surface area contributed by atoms with Crippen LogP contribution in [-0.2, 0) is 45.1 Å². The minimum Gasteiger partial charge on any atom is -0.463 e. The standard InChI is InChI=1S/C38H54N12O4/c1-23(2)31-19-51-35(41-31)47(36-42-32(20-52-36)24(3)4)17-29-13-39-45-49(29)15-27-9-11-28(12-10-27)16-50-30(14-40-46-50)18-48(37-43-33(21-53-37)25(5)6)38-44-34(22-54-38)26(7)8/h9-14,23-26,31-34H,15-22H2,1-8H3/t31-,32-,33-,34-/m1/s1. The summed E-state index contributed by atoms with van der Waals surface area (Å²) in [6.07, 6.45) is 3.55. The highest BCUT2D eigenvalue weighted by atomic mass is 16.5. The maximum Gasteiger partial charge on any atom is 0.296 e. The number of amidine groups is 4. The van der Waals surface area contributed by atoms with Crippen molar-refractivity contribution in [3.8, 4) is 0 Å². The second-order valence-corrected chi connectivity index (χ2v) is 15.9. The number of rotatable bonds is 12. The Morgan fingerprint density at radius 1 is 0.519 bits per heavy atom. The Morgan fingerprint density at radius 2 is 0.815 bits per heavy atom. The Morgan fingerprint density at radius 3 is 1.07 bits per heavy atom. The molecule has 0 N–H and O–H groups in total. The minimum atomic E-state index is 0.0841. The van der Waals surface area contributed by atoms with Gasteiger partial charge in [0.2, 0.25) is 0 Å². The van der Waals surface area contributed by atoms with Gasteiger partial charge in [-0.2, -0.15) is 0 Å². The van der Waals surface area contributed by atoms with E-state index in [-0.39, 0.29) is 24.2 Å². The fraction of sp³-hybridized carbons (Fsp3) is 0.632. The molecule has 0 bridgehead atoms. The second-order valence-electron chi connectivity index (χ2n) is 15.9. The Hall–Kier alpha value is -5.02. The van der Waals surface area contributed by atoms with Crippen molar-refractivity contribution in [2.75, 3.05) is 26.4 Å². The summed E-state index contributed by atoms with van der Waals surface area (Å²) in [6.45, 7) is 21.3. The summed E-state index contributed by atoms with van der Waals surface area (Å²) in [4.78, 5) is 23.4. The Labute approximate surface area is 317 Å². The predicted octanol–water partition coefficient (Wildman–Crippen LogP) is 4.21. The molecule has 3 aromatic rings. The molecule has 0 fully saturated rings. The van der Waals surface area contributed by atoms with Crippen LogP contribution in [0.25, 0.3) is 0 Å². The molecule has 0 aliphatic carbocycles. The molecule has 2 aromatic heterocycles. The van der Waals surface area contributed by atoms with Gasteiger partial charge in [0.25, 0.3) is 24.1 Å². The van der Waals surface area contributed by atoms with Gasteiger partial charge in [0, 0.05) is 0 Å². The highest BCUT2D eigenvalue weighted by Gasteiger charge is 2.36. The maximum absolute atomic E-state index is 6.09. The quantitative estimate of drug-likeness (QED) is 0.264. The summed E-state index contributed by atoms with van der Waals surface area (Å²) in [5.41, 5.74) is 3.94. The van der Waals surface area contributed by atoms with Crippen molar-refractivity contribution in [1.29, 1.82) is 0 Å². The zero-order chi connectivity index (χ0) is 37.9. The maximum atomic E-state index is 6.09. The highest BCUT2D eigenvalue weighted by Crippen LogP contribution is 2.24. The zero-order valence-corrected chi connectivity index (χ0v) is 32.7. The monoisotopic (exact) mass is 742 g/mol. The molecule has 0 saturated heterocycles. The Balaban J connectivity index is 1.04. The molecule has 7 rings (SSSR count). The van der Waals surface area contributed by atoms with E-state index in [9.17, 15) is 0 Å². The molecule has 16 nitrogen and oxygen atoms in total. The smallest absolute Gasteiger partial charge is 0.296 e. The second kappa shape index (κ2) is 16.1. The van der Waals surface area contributed by atoms with Gasteiger partial charge in [-0.15, -0.1) is 10.2 Å². The largest absolute Gasteiger partial charge is 0.463 e. The first-order chi connectivity index (χ1) is 26.0. The Bertz CT molecular complexity index is 1660. The molecule has 16 heteroatoms. The van der Waals surface area contributed by atoms with Gasteiger partial charge in [-0.25, -0.2) is 39.1 Å². The molecule has 0 unspecified atom stereocenters. The lowest BCUT2D eigenvalue weighted by molar-refractivity contribution is 0.229. The third kappa shape index (κ3) is 8.36. The van der Waals surface area contributed by atoms with Gasteiger partial charge < -0.3 is 18.9 Å². The van der Waals surface area contributed by atoms with Crippen molar-refractivity contribution in [3.63, 3.8) is 0 Å². The van der Waals surface area contributed by atoms with E-state index in [1.54, 1.807) is 12.4 Å². The van der Waals surface area contributed by atoms with Crippen LogP contribution in [0.4, 0.5) is 0 Å². The van der Waals surface area contributed by atoms with E-state index in [0.29, 0.717) is 100 Å². The average molecular weight is 743 g/mol. The fourth-order valence-corrected chi connectivity index (χ4v) is 6.38. The third-order valence-electron chi connectivity index (χ3n) is 10.4. The van der Waals surface area contributed by atoms with Crippen molar-refractivity contribution in [2.45, 2.75) is 106 Å². The van der Waals surface area contributed by atoms with Gasteiger partial charge in [0.15, 0.2) is 0 Å². The molecule has 54 heavy (non-hydrogen) atoms. The van der Waals surface area contributed by atoms with Crippen LogP contribution in [0.15, 0.2) is 56.6 Å². The fourth-order valence-electron chi connectivity index (χ4n) is 6.38. The number of aromatic nitrogens is 6. The first-order valence-corrected chi connectivity index (χ1v) is 19.2. The van der Waals surface area contributed by atoms with Crippen molar-refractivity contribution in [1.82, 2.24) is 39.8 Å². The van der Waals surface area contributed by atoms with Crippen LogP contribution in [0.2, 0.25) is 0 Å². The number of nitrogens with zero attached hydrogens (tertiary/aromatic N) is 12. The molecule has 0 amide bonds. The number of hydrogen-bond donors (Lipinski definition) is 0. The molecule has 0 saturated carbocycles. The summed E-state index contributed by atoms with van der Waals surface area (Å²) in [5, 5.41) is 17.4. The van der Waals surface area contributed by atoms with Gasteiger partial charge in [0.05, 0.1) is 74.1 Å². The topological polar surface area (TPSA) is 154 Å². The first kappa shape index (κ1) is 37.3. The number of hydrogen-bond acceptors (Lipinski definition) is 14. The molecule has 1 aromatic carbocycles. The molecule has 0 spiro atoms. The molecule has 0 radical (unpaired) electrons. The van der Waals surface area contributed by atoms with Crippen molar-refractivity contribution in [2.24, 2.45) is 43.6 Å². The van der Waals surface area contributed by atoms with Gasteiger partial charge in [-0.1, -0.05) is 90.1 Å². The zero-order valence-electron chi connectivity index (χ0n) is 32.7.